The summed E-state index contributed by atoms with van der Waals surface area (Å²) in [7, 11) is 0. The fraction of sp³-hybridized carbons (Fsp3) is 0.375. The van der Waals surface area contributed by atoms with Crippen molar-refractivity contribution >= 4 is 16.6 Å². The highest BCUT2D eigenvalue weighted by atomic mass is 16.2. The summed E-state index contributed by atoms with van der Waals surface area (Å²) in [6, 6.07) is 19.4. The van der Waals surface area contributed by atoms with E-state index in [1.165, 1.54) is 16.3 Å². The van der Waals surface area contributed by atoms with E-state index >= 15 is 0 Å². The highest BCUT2D eigenvalue weighted by Gasteiger charge is 2.19. The van der Waals surface area contributed by atoms with Crippen LogP contribution in [-0.4, -0.2) is 54.3 Å². The van der Waals surface area contributed by atoms with Gasteiger partial charge in [0.1, 0.15) is 5.82 Å². The predicted molar refractivity (Wildman–Crippen MR) is 117 cm³/mol. The van der Waals surface area contributed by atoms with Crippen LogP contribution in [0, 0.1) is 0 Å². The normalized spacial score (nSPS) is 15.3. The van der Waals surface area contributed by atoms with Crippen molar-refractivity contribution in [2.45, 2.75) is 19.8 Å². The Kier molecular flexibility index (Phi) is 5.89. The molecule has 1 fully saturated rings. The van der Waals surface area contributed by atoms with Crippen molar-refractivity contribution in [2.75, 3.05) is 44.2 Å². The first kappa shape index (κ1) is 18.9. The van der Waals surface area contributed by atoms with Gasteiger partial charge in [0.25, 0.3) is 0 Å². The molecule has 0 amide bonds. The van der Waals surface area contributed by atoms with E-state index in [1.54, 1.807) is 0 Å². The third kappa shape index (κ3) is 4.03. The Morgan fingerprint density at radius 2 is 1.71 bits per heavy atom. The van der Waals surface area contributed by atoms with Crippen LogP contribution in [0.3, 0.4) is 0 Å². The Morgan fingerprint density at radius 3 is 2.43 bits per heavy atom. The molecule has 28 heavy (non-hydrogen) atoms. The molecule has 0 atom stereocenters. The Labute approximate surface area is 167 Å². The number of aliphatic hydroxyl groups excluding tert-OH is 1. The summed E-state index contributed by atoms with van der Waals surface area (Å²) in [5.41, 5.74) is 3.43. The number of fused-ring (bicyclic) bond motifs is 1. The molecule has 4 nitrogen and oxygen atoms in total. The average molecular weight is 376 g/mol. The number of piperazine rings is 1. The summed E-state index contributed by atoms with van der Waals surface area (Å²) in [5, 5.41) is 11.5. The topological polar surface area (TPSA) is 39.6 Å². The Morgan fingerprint density at radius 1 is 0.964 bits per heavy atom. The van der Waals surface area contributed by atoms with Crippen molar-refractivity contribution in [3.8, 4) is 11.3 Å². The first-order valence-corrected chi connectivity index (χ1v) is 10.4. The zero-order chi connectivity index (χ0) is 19.3. The SMILES string of the molecule is CCN1CCN(c2nc(-c3ccc(CCCO)cc3)cc3ccccc23)CC1. The summed E-state index contributed by atoms with van der Waals surface area (Å²) in [6.45, 7) is 7.82. The van der Waals surface area contributed by atoms with Crippen LogP contribution < -0.4 is 4.90 Å². The van der Waals surface area contributed by atoms with Crippen molar-refractivity contribution in [1.29, 1.82) is 0 Å². The van der Waals surface area contributed by atoms with Gasteiger partial charge >= 0.3 is 0 Å². The number of hydrogen-bond donors (Lipinski definition) is 1. The molecule has 0 unspecified atom stereocenters. The average Bonchev–Trinajstić information content (AvgIpc) is 2.77. The molecule has 146 valence electrons. The van der Waals surface area contributed by atoms with Crippen molar-refractivity contribution in [3.05, 3.63) is 60.2 Å². The molecule has 0 spiro atoms. The van der Waals surface area contributed by atoms with Gasteiger partial charge < -0.3 is 14.9 Å². The molecule has 3 aromatic rings. The number of hydrogen-bond acceptors (Lipinski definition) is 4. The molecular weight excluding hydrogens is 346 g/mol. The molecule has 0 saturated carbocycles. The maximum Gasteiger partial charge on any atom is 0.137 e. The lowest BCUT2D eigenvalue weighted by molar-refractivity contribution is 0.271. The Hall–Kier alpha value is -2.43. The van der Waals surface area contributed by atoms with Gasteiger partial charge in [-0.3, -0.25) is 0 Å². The molecule has 1 N–H and O–H groups in total. The second kappa shape index (κ2) is 8.72. The molecule has 2 heterocycles. The van der Waals surface area contributed by atoms with Crippen LogP contribution in [0.5, 0.6) is 0 Å². The third-order valence-electron chi connectivity index (χ3n) is 5.71. The van der Waals surface area contributed by atoms with Crippen LogP contribution in [-0.2, 0) is 6.42 Å². The monoisotopic (exact) mass is 375 g/mol. The minimum Gasteiger partial charge on any atom is -0.396 e. The van der Waals surface area contributed by atoms with E-state index in [-0.39, 0.29) is 6.61 Å². The van der Waals surface area contributed by atoms with E-state index in [4.69, 9.17) is 10.1 Å². The molecule has 4 rings (SSSR count). The zero-order valence-corrected chi connectivity index (χ0v) is 16.6. The fourth-order valence-corrected chi connectivity index (χ4v) is 3.97. The van der Waals surface area contributed by atoms with Gasteiger partial charge in [-0.05, 0) is 36.4 Å². The lowest BCUT2D eigenvalue weighted by Gasteiger charge is -2.35. The summed E-state index contributed by atoms with van der Waals surface area (Å²) in [6.07, 6.45) is 1.72. The van der Waals surface area contributed by atoms with Crippen LogP contribution >= 0.6 is 0 Å². The van der Waals surface area contributed by atoms with Gasteiger partial charge in [0.05, 0.1) is 5.69 Å². The van der Waals surface area contributed by atoms with Crippen molar-refractivity contribution < 1.29 is 5.11 Å². The summed E-state index contributed by atoms with van der Waals surface area (Å²) in [5.74, 6) is 1.10. The summed E-state index contributed by atoms with van der Waals surface area (Å²) in [4.78, 5) is 10.0. The lowest BCUT2D eigenvalue weighted by Crippen LogP contribution is -2.46. The minimum absolute atomic E-state index is 0.239. The van der Waals surface area contributed by atoms with E-state index in [2.05, 4.69) is 71.3 Å². The highest BCUT2D eigenvalue weighted by Crippen LogP contribution is 2.30. The number of likely N-dealkylation sites (N-methyl/N-ethyl adjacent to an activating group) is 1. The zero-order valence-electron chi connectivity index (χ0n) is 16.6. The highest BCUT2D eigenvalue weighted by molar-refractivity contribution is 5.95. The molecule has 0 aliphatic carbocycles. The number of benzene rings is 2. The van der Waals surface area contributed by atoms with Gasteiger partial charge in [0.2, 0.25) is 0 Å². The van der Waals surface area contributed by atoms with E-state index in [9.17, 15) is 0 Å². The van der Waals surface area contributed by atoms with Crippen LogP contribution in [0.4, 0.5) is 5.82 Å². The Bertz CT molecular complexity index is 915. The van der Waals surface area contributed by atoms with Gasteiger partial charge in [-0.2, -0.15) is 0 Å². The van der Waals surface area contributed by atoms with Gasteiger partial charge in [-0.1, -0.05) is 55.5 Å². The number of rotatable bonds is 6. The number of nitrogens with zero attached hydrogens (tertiary/aromatic N) is 3. The second-order valence-corrected chi connectivity index (χ2v) is 7.50. The van der Waals surface area contributed by atoms with Crippen LogP contribution in [0.15, 0.2) is 54.6 Å². The summed E-state index contributed by atoms with van der Waals surface area (Å²) < 4.78 is 0. The molecule has 1 aliphatic rings. The predicted octanol–water partition coefficient (Wildman–Crippen LogP) is 3.97. The molecule has 4 heteroatoms. The van der Waals surface area contributed by atoms with E-state index in [0.29, 0.717) is 0 Å². The molecule has 0 bridgehead atoms. The number of pyridine rings is 1. The number of aryl methyl sites for hydroxylation is 1. The fourth-order valence-electron chi connectivity index (χ4n) is 3.97. The smallest absolute Gasteiger partial charge is 0.137 e. The van der Waals surface area contributed by atoms with Crippen molar-refractivity contribution in [3.63, 3.8) is 0 Å². The van der Waals surface area contributed by atoms with Crippen LogP contribution in [0.2, 0.25) is 0 Å². The molecule has 2 aromatic carbocycles. The van der Waals surface area contributed by atoms with E-state index in [1.807, 2.05) is 0 Å². The van der Waals surface area contributed by atoms with Gasteiger partial charge in [0.15, 0.2) is 0 Å². The minimum atomic E-state index is 0.239. The Balaban J connectivity index is 1.68. The largest absolute Gasteiger partial charge is 0.396 e. The third-order valence-corrected chi connectivity index (χ3v) is 5.71. The maximum atomic E-state index is 9.03. The van der Waals surface area contributed by atoms with Gasteiger partial charge in [-0.25, -0.2) is 4.98 Å². The molecule has 0 radical (unpaired) electrons. The van der Waals surface area contributed by atoms with Gasteiger partial charge in [0, 0.05) is 43.7 Å². The number of aromatic nitrogens is 1. The van der Waals surface area contributed by atoms with Gasteiger partial charge in [-0.15, -0.1) is 0 Å². The van der Waals surface area contributed by atoms with Crippen molar-refractivity contribution in [1.82, 2.24) is 9.88 Å². The summed E-state index contributed by atoms with van der Waals surface area (Å²) >= 11 is 0. The number of aliphatic hydroxyl groups is 1. The molecular formula is C24H29N3O. The van der Waals surface area contributed by atoms with E-state index in [0.717, 1.165) is 62.6 Å². The quantitative estimate of drug-likeness (QED) is 0.708. The standard InChI is InChI=1S/C24H29N3O/c1-2-26-13-15-27(16-14-26)24-22-8-4-3-7-21(22)18-23(25-24)20-11-9-19(10-12-20)6-5-17-28/h3-4,7-12,18,28H,2,5-6,13-17H2,1H3. The lowest BCUT2D eigenvalue weighted by atomic mass is 10.0. The first-order valence-electron chi connectivity index (χ1n) is 10.4. The maximum absolute atomic E-state index is 9.03. The van der Waals surface area contributed by atoms with E-state index < -0.39 is 0 Å². The molecule has 1 aromatic heterocycles. The second-order valence-electron chi connectivity index (χ2n) is 7.50. The first-order chi connectivity index (χ1) is 13.8. The van der Waals surface area contributed by atoms with Crippen LogP contribution in [0.1, 0.15) is 18.9 Å². The van der Waals surface area contributed by atoms with Crippen molar-refractivity contribution in [2.24, 2.45) is 0 Å². The molecule has 1 aliphatic heterocycles. The molecule has 1 saturated heterocycles. The number of anilines is 1. The van der Waals surface area contributed by atoms with Crippen LogP contribution in [0.25, 0.3) is 22.0 Å².